The fourth-order valence-corrected chi connectivity index (χ4v) is 15.6. The molecule has 18 rings (SSSR count). The number of ether oxygens (including phenoxy) is 2. The van der Waals surface area contributed by atoms with Gasteiger partial charge in [0.15, 0.2) is 29.0 Å². The number of amides is 4. The van der Waals surface area contributed by atoms with Gasteiger partial charge in [-0.2, -0.15) is 70.1 Å². The zero-order valence-electron chi connectivity index (χ0n) is 67.0. The van der Waals surface area contributed by atoms with E-state index in [4.69, 9.17) is 9.47 Å². The van der Waals surface area contributed by atoms with Gasteiger partial charge in [0.2, 0.25) is 23.6 Å². The molecular weight excluding hydrogens is 1630 g/mol. The first-order valence-electron chi connectivity index (χ1n) is 39.6. The molecule has 10 aromatic rings. The molecule has 2 saturated heterocycles. The standard InChI is InChI=1S/C22H21F5N6O2.C22H23F3N6O2.2C19H21F3N4O/c1-11(34)32-4-3-19-15(8-32)21(30-33(19)12-9-35-10-12)28-18-6-16(23)13(5-17(18)24)14-7-31(2)29-20(14)22(25,26)27;1-12(32)30-4-3-20-17(9-30)22(28-31(20)14-10-33-11-14)27-19-6-16(21(24)25)15(5-18(19)23)13-7-26-29(2)8-13;2*1-12(27)25-8-7-17-16(11-25)18(24-26(17)10-13-5-6-13)23-15-4-2-3-14(9-15)19(20,21)22/h5-7,12H,3-4,8-10H2,1-2H3,(H,28,30);5-8,14,21H,3-4,9-11H2,1-2H3,(H,27,28);2*2-4,9,13H,5-8,10-11H2,1H3,(H,23,24). The van der Waals surface area contributed by atoms with Crippen molar-refractivity contribution in [2.24, 2.45) is 25.9 Å². The van der Waals surface area contributed by atoms with Gasteiger partial charge in [-0.05, 0) is 97.7 Å². The van der Waals surface area contributed by atoms with E-state index in [1.54, 1.807) is 49.7 Å². The molecule has 0 unspecified atom stereocenters. The maximum absolute atomic E-state index is 15.1. The van der Waals surface area contributed by atoms with Crippen molar-refractivity contribution in [2.45, 2.75) is 155 Å². The number of carbonyl (C=O) groups is 4. The molecule has 648 valence electrons. The highest BCUT2D eigenvalue weighted by Gasteiger charge is 2.41. The largest absolute Gasteiger partial charge is 0.435 e. The summed E-state index contributed by atoms with van der Waals surface area (Å²) in [5.74, 6) is 0.00480. The first kappa shape index (κ1) is 85.2. The van der Waals surface area contributed by atoms with E-state index in [0.717, 1.165) is 106 Å². The van der Waals surface area contributed by atoms with Gasteiger partial charge in [0, 0.05) is 204 Å². The Kier molecular flexibility index (Phi) is 23.9. The number of anilines is 8. The average Bonchev–Trinajstić information content (AvgIpc) is 1.66. The Morgan fingerprint density at radius 3 is 1.23 bits per heavy atom. The third-order valence-corrected chi connectivity index (χ3v) is 22.7. The zero-order valence-corrected chi connectivity index (χ0v) is 67.0. The second kappa shape index (κ2) is 34.2. The van der Waals surface area contributed by atoms with Crippen molar-refractivity contribution in [1.82, 2.24) is 78.3 Å². The minimum absolute atomic E-state index is 0.00138. The van der Waals surface area contributed by atoms with Crippen LogP contribution in [0.3, 0.4) is 0 Å². The van der Waals surface area contributed by atoms with Crippen LogP contribution < -0.4 is 21.3 Å². The van der Waals surface area contributed by atoms with Gasteiger partial charge in [-0.25, -0.2) is 22.0 Å². The van der Waals surface area contributed by atoms with Crippen LogP contribution in [0.1, 0.15) is 139 Å². The summed E-state index contributed by atoms with van der Waals surface area (Å²) in [6, 6.07) is 13.9. The number of nitrogens with zero attached hydrogens (tertiary/aromatic N) is 16. The van der Waals surface area contributed by atoms with E-state index in [0.29, 0.717) is 156 Å². The average molecular weight is 1710 g/mol. The number of alkyl halides is 11. The molecule has 4 aromatic carbocycles. The lowest BCUT2D eigenvalue weighted by Crippen LogP contribution is -2.37. The van der Waals surface area contributed by atoms with Crippen LogP contribution in [-0.2, 0) is 126 Å². The molecule has 6 aromatic heterocycles. The minimum Gasteiger partial charge on any atom is -0.377 e. The zero-order chi connectivity index (χ0) is 86.7. The van der Waals surface area contributed by atoms with E-state index < -0.39 is 70.4 Å². The molecule has 8 aliphatic rings. The van der Waals surface area contributed by atoms with E-state index in [1.165, 1.54) is 83.4 Å². The smallest absolute Gasteiger partial charge is 0.377 e. The van der Waals surface area contributed by atoms with Crippen molar-refractivity contribution in [1.29, 1.82) is 0 Å². The molecule has 122 heavy (non-hydrogen) atoms. The van der Waals surface area contributed by atoms with Crippen molar-refractivity contribution in [3.05, 3.63) is 176 Å². The fourth-order valence-electron chi connectivity index (χ4n) is 15.6. The number of hydrogen-bond acceptors (Lipinski definition) is 16. The number of rotatable bonds is 17. The molecule has 4 fully saturated rings. The maximum Gasteiger partial charge on any atom is 0.435 e. The summed E-state index contributed by atoms with van der Waals surface area (Å²) in [7, 11) is 2.93. The molecule has 2 saturated carbocycles. The van der Waals surface area contributed by atoms with Crippen LogP contribution in [0.4, 0.5) is 107 Å². The van der Waals surface area contributed by atoms with E-state index in [1.807, 2.05) is 14.0 Å². The van der Waals surface area contributed by atoms with Gasteiger partial charge in [0.05, 0.1) is 93.4 Å². The molecule has 12 heterocycles. The maximum atomic E-state index is 15.1. The topological polar surface area (TPSA) is 255 Å². The van der Waals surface area contributed by atoms with Crippen LogP contribution in [0.5, 0.6) is 0 Å². The fraction of sp³-hybridized carbons (Fsp3) is 0.439. The molecule has 4 N–H and O–H groups in total. The molecule has 0 atom stereocenters. The normalized spacial score (nSPS) is 16.5. The third-order valence-electron chi connectivity index (χ3n) is 22.7. The number of benzene rings is 4. The van der Waals surface area contributed by atoms with Gasteiger partial charge >= 0.3 is 18.5 Å². The first-order chi connectivity index (χ1) is 58.0. The lowest BCUT2D eigenvalue weighted by Gasteiger charge is -2.31. The van der Waals surface area contributed by atoms with Gasteiger partial charge < -0.3 is 50.3 Å². The van der Waals surface area contributed by atoms with E-state index in [-0.39, 0.29) is 70.6 Å². The summed E-state index contributed by atoms with van der Waals surface area (Å²) < 4.78 is 211. The van der Waals surface area contributed by atoms with Crippen molar-refractivity contribution in [2.75, 3.05) is 73.9 Å². The van der Waals surface area contributed by atoms with Crippen molar-refractivity contribution >= 4 is 69.6 Å². The van der Waals surface area contributed by atoms with Gasteiger partial charge in [0.1, 0.15) is 17.5 Å². The summed E-state index contributed by atoms with van der Waals surface area (Å²) in [5, 5.41) is 37.6. The molecule has 6 aliphatic heterocycles. The van der Waals surface area contributed by atoms with Gasteiger partial charge in [-0.3, -0.25) is 47.3 Å². The highest BCUT2D eigenvalue weighted by molar-refractivity contribution is 5.78. The van der Waals surface area contributed by atoms with Crippen LogP contribution in [0.25, 0.3) is 22.3 Å². The van der Waals surface area contributed by atoms with E-state index in [9.17, 15) is 71.9 Å². The van der Waals surface area contributed by atoms with E-state index >= 15 is 8.78 Å². The molecule has 0 bridgehead atoms. The number of aryl methyl sites for hydroxylation is 2. The highest BCUT2D eigenvalue weighted by atomic mass is 19.4. The van der Waals surface area contributed by atoms with Crippen molar-refractivity contribution in [3.8, 4) is 22.3 Å². The first-order valence-corrected chi connectivity index (χ1v) is 39.6. The summed E-state index contributed by atoms with van der Waals surface area (Å²) in [6.45, 7) is 13.4. The molecule has 26 nitrogen and oxygen atoms in total. The van der Waals surface area contributed by atoms with Crippen LogP contribution in [0.2, 0.25) is 0 Å². The monoisotopic (exact) mass is 1710 g/mol. The van der Waals surface area contributed by atoms with Crippen molar-refractivity contribution in [3.63, 3.8) is 0 Å². The number of fused-ring (bicyclic) bond motifs is 4. The number of aromatic nitrogens is 12. The predicted molar refractivity (Wildman–Crippen MR) is 416 cm³/mol. The Bertz CT molecular complexity index is 5470. The Morgan fingerprint density at radius 2 is 0.861 bits per heavy atom. The molecule has 40 heteroatoms. The summed E-state index contributed by atoms with van der Waals surface area (Å²) in [6.07, 6.45) is -5.18. The Hall–Kier alpha value is -11.8. The lowest BCUT2D eigenvalue weighted by atomic mass is 10.0. The van der Waals surface area contributed by atoms with Gasteiger partial charge in [-0.15, -0.1) is 0 Å². The Balaban J connectivity index is 0.000000127. The predicted octanol–water partition coefficient (Wildman–Crippen LogP) is 15.3. The molecule has 0 radical (unpaired) electrons. The second-order valence-corrected chi connectivity index (χ2v) is 31.5. The molecule has 4 amide bonds. The van der Waals surface area contributed by atoms with Crippen LogP contribution >= 0.6 is 0 Å². The summed E-state index contributed by atoms with van der Waals surface area (Å²) in [5.41, 5.74) is 3.84. The van der Waals surface area contributed by atoms with Gasteiger partial charge in [-0.1, -0.05) is 12.1 Å². The summed E-state index contributed by atoms with van der Waals surface area (Å²) in [4.78, 5) is 54.2. The SMILES string of the molecule is CC(=O)N1CCc2c(c(Nc3cc(C(F)F)c(-c4cnn(C)c4)cc3F)nn2C2COC2)C1.CC(=O)N1CCc2c(c(Nc3cc(F)c(-c4cn(C)nc4C(F)(F)F)cc3F)nn2C2COC2)C1.CC(=O)N1CCc2c(c(Nc3cccc(C(F)(F)F)c3)nn2CC2CC2)C1.CC(=O)N1CCc2c(c(Nc3cccc(C(F)(F)F)c3)nn2CC2CC2)C1. The second-order valence-electron chi connectivity index (χ2n) is 31.5. The lowest BCUT2D eigenvalue weighted by molar-refractivity contribution is -0.141. The third kappa shape index (κ3) is 18.8. The highest BCUT2D eigenvalue weighted by Crippen LogP contribution is 2.44. The number of halogens is 14. The van der Waals surface area contributed by atoms with E-state index in [2.05, 4.69) is 51.9 Å². The van der Waals surface area contributed by atoms with Gasteiger partial charge in [0.25, 0.3) is 6.43 Å². The van der Waals surface area contributed by atoms with Crippen LogP contribution in [0, 0.1) is 29.3 Å². The molecule has 0 spiro atoms. The molecule has 2 aliphatic carbocycles. The number of hydrogen-bond donors (Lipinski definition) is 4. The Labute approximate surface area is 689 Å². The molecular formula is C82H86F14N20O6. The quantitative estimate of drug-likeness (QED) is 0.0618. The number of nitrogens with one attached hydrogen (secondary N) is 4. The van der Waals surface area contributed by atoms with Crippen molar-refractivity contribution < 1.29 is 90.1 Å². The number of carbonyl (C=O) groups excluding carboxylic acids is 4. The van der Waals surface area contributed by atoms with Crippen LogP contribution in [-0.4, -0.2) is 155 Å². The van der Waals surface area contributed by atoms with Crippen LogP contribution in [0.15, 0.2) is 91.4 Å². The Morgan fingerprint density at radius 1 is 0.459 bits per heavy atom. The minimum atomic E-state index is -4.84. The summed E-state index contributed by atoms with van der Waals surface area (Å²) >= 11 is 0.